The van der Waals surface area contributed by atoms with Crippen molar-refractivity contribution in [3.8, 4) is 5.75 Å². The lowest BCUT2D eigenvalue weighted by atomic mass is 9.94. The van der Waals surface area contributed by atoms with Crippen molar-refractivity contribution in [3.63, 3.8) is 0 Å². The van der Waals surface area contributed by atoms with E-state index in [1.54, 1.807) is 18.0 Å². The first kappa shape index (κ1) is 21.0. The number of nitrogens with zero attached hydrogens (tertiary/aromatic N) is 2. The van der Waals surface area contributed by atoms with E-state index in [0.717, 1.165) is 22.9 Å². The first-order chi connectivity index (χ1) is 14.3. The Hall–Kier alpha value is -2.23. The van der Waals surface area contributed by atoms with Gasteiger partial charge in [0, 0.05) is 31.1 Å². The van der Waals surface area contributed by atoms with Gasteiger partial charge in [-0.15, -0.1) is 11.8 Å². The van der Waals surface area contributed by atoms with Gasteiger partial charge < -0.3 is 14.7 Å². The maximum atomic E-state index is 12.9. The fourth-order valence-corrected chi connectivity index (χ4v) is 6.03. The molecule has 0 radical (unpaired) electrons. The number of sulfonamides is 1. The Bertz CT molecular complexity index is 1090. The summed E-state index contributed by atoms with van der Waals surface area (Å²) in [5.74, 6) is -0.00204. The highest BCUT2D eigenvalue weighted by atomic mass is 32.2. The van der Waals surface area contributed by atoms with Crippen LogP contribution < -0.4 is 13.9 Å². The zero-order chi connectivity index (χ0) is 21.6. The summed E-state index contributed by atoms with van der Waals surface area (Å²) in [6.45, 7) is 0.243. The highest BCUT2D eigenvalue weighted by Gasteiger charge is 2.46. The summed E-state index contributed by atoms with van der Waals surface area (Å²) < 4.78 is 32.3. The maximum Gasteiger partial charge on any atom is 0.244 e. The summed E-state index contributed by atoms with van der Waals surface area (Å²) in [5.41, 5.74) is 3.58. The van der Waals surface area contributed by atoms with Crippen LogP contribution in [0.3, 0.4) is 0 Å². The van der Waals surface area contributed by atoms with Gasteiger partial charge in [0.05, 0.1) is 24.2 Å². The monoisotopic (exact) mass is 448 g/mol. The Morgan fingerprint density at radius 1 is 1.23 bits per heavy atom. The van der Waals surface area contributed by atoms with Crippen LogP contribution in [0.15, 0.2) is 36.4 Å². The average Bonchev–Trinajstić information content (AvgIpc) is 3.22. The number of hydrogen-bond acceptors (Lipinski definition) is 6. The second kappa shape index (κ2) is 7.79. The summed E-state index contributed by atoms with van der Waals surface area (Å²) in [7, 11) is -1.85. The molecule has 4 rings (SSSR count). The van der Waals surface area contributed by atoms with Gasteiger partial charge in [-0.3, -0.25) is 9.10 Å². The highest BCUT2D eigenvalue weighted by molar-refractivity contribution is 7.99. The Morgan fingerprint density at radius 3 is 2.53 bits per heavy atom. The van der Waals surface area contributed by atoms with Crippen molar-refractivity contribution in [2.24, 2.45) is 0 Å². The van der Waals surface area contributed by atoms with Gasteiger partial charge in [-0.1, -0.05) is 30.3 Å². The van der Waals surface area contributed by atoms with E-state index in [-0.39, 0.29) is 25.0 Å². The third-order valence-corrected chi connectivity index (χ3v) is 7.69. The number of aliphatic hydroxyl groups excluding tert-OH is 1. The normalized spacial score (nSPS) is 20.5. The first-order valence-corrected chi connectivity index (χ1v) is 12.7. The first-order valence-electron chi connectivity index (χ1n) is 9.54. The molecule has 30 heavy (non-hydrogen) atoms. The number of hydrogen-bond donors (Lipinski definition) is 1. The van der Waals surface area contributed by atoms with Crippen molar-refractivity contribution in [3.05, 3.63) is 53.1 Å². The molecule has 9 heteroatoms. The molecule has 0 bridgehead atoms. The summed E-state index contributed by atoms with van der Waals surface area (Å²) >= 11 is 1.40. The Balaban J connectivity index is 1.90. The van der Waals surface area contributed by atoms with Gasteiger partial charge in [0.15, 0.2) is 0 Å². The lowest BCUT2D eigenvalue weighted by Crippen LogP contribution is -2.29. The molecule has 0 saturated carbocycles. The fourth-order valence-electron chi connectivity index (χ4n) is 4.24. The predicted molar refractivity (Wildman–Crippen MR) is 119 cm³/mol. The van der Waals surface area contributed by atoms with E-state index in [1.807, 2.05) is 36.6 Å². The second-order valence-corrected chi connectivity index (χ2v) is 10.4. The van der Waals surface area contributed by atoms with Crippen LogP contribution >= 0.6 is 11.8 Å². The van der Waals surface area contributed by atoms with Crippen LogP contribution in [0, 0.1) is 0 Å². The predicted octanol–water partition coefficient (Wildman–Crippen LogP) is 2.50. The van der Waals surface area contributed by atoms with E-state index in [9.17, 15) is 18.3 Å². The Labute approximate surface area is 180 Å². The number of fused-ring (bicyclic) bond motifs is 3. The topological polar surface area (TPSA) is 87.2 Å². The molecule has 2 heterocycles. The molecule has 0 spiro atoms. The number of amides is 1. The lowest BCUT2D eigenvalue weighted by Gasteiger charge is -2.21. The number of aliphatic hydroxyl groups is 1. The largest absolute Gasteiger partial charge is 0.487 e. The van der Waals surface area contributed by atoms with E-state index >= 15 is 0 Å². The van der Waals surface area contributed by atoms with Gasteiger partial charge in [0.2, 0.25) is 15.9 Å². The molecule has 7 nitrogen and oxygen atoms in total. The van der Waals surface area contributed by atoms with E-state index in [0.29, 0.717) is 23.7 Å². The third kappa shape index (κ3) is 3.34. The van der Waals surface area contributed by atoms with Gasteiger partial charge >= 0.3 is 0 Å². The number of carbonyl (C=O) groups is 1. The second-order valence-electron chi connectivity index (χ2n) is 7.53. The van der Waals surface area contributed by atoms with E-state index in [2.05, 4.69) is 0 Å². The molecular formula is C21H24N2O5S2. The summed E-state index contributed by atoms with van der Waals surface area (Å²) in [5, 5.41) is 9.52. The van der Waals surface area contributed by atoms with Crippen LogP contribution in [0.5, 0.6) is 5.75 Å². The molecule has 160 valence electrons. The summed E-state index contributed by atoms with van der Waals surface area (Å²) in [4.78, 5) is 14.5. The zero-order valence-electron chi connectivity index (χ0n) is 17.0. The minimum absolute atomic E-state index is 0.0787. The standard InChI is InChI=1S/C21H24N2O5S2/c1-22-19-16(28-12-13-7-5-4-6-8-13)9-15-17(18(19)20(29-2)21(22)25)14(11-24)10-23(15)30(3,26)27/h4-9,14,20,24H,10-12H2,1-3H3. The summed E-state index contributed by atoms with van der Waals surface area (Å²) in [6.07, 6.45) is 3.00. The van der Waals surface area contributed by atoms with Crippen molar-refractivity contribution in [2.45, 2.75) is 17.8 Å². The number of carbonyl (C=O) groups excluding carboxylic acids is 1. The van der Waals surface area contributed by atoms with Crippen molar-refractivity contribution in [1.29, 1.82) is 0 Å². The molecule has 2 aromatic rings. The van der Waals surface area contributed by atoms with Crippen LogP contribution in [0.25, 0.3) is 0 Å². The fraction of sp³-hybridized carbons (Fsp3) is 0.381. The molecule has 2 aliphatic heterocycles. The molecule has 0 aliphatic carbocycles. The Kier molecular flexibility index (Phi) is 5.46. The quantitative estimate of drug-likeness (QED) is 0.731. The van der Waals surface area contributed by atoms with Gasteiger partial charge in [0.1, 0.15) is 17.6 Å². The summed E-state index contributed by atoms with van der Waals surface area (Å²) in [6, 6.07) is 11.3. The molecule has 2 unspecified atom stereocenters. The molecule has 0 fully saturated rings. The average molecular weight is 449 g/mol. The van der Waals surface area contributed by atoms with Crippen molar-refractivity contribution in [2.75, 3.05) is 41.9 Å². The van der Waals surface area contributed by atoms with Crippen LogP contribution in [-0.4, -0.2) is 52.1 Å². The van der Waals surface area contributed by atoms with Crippen LogP contribution in [0.1, 0.15) is 27.9 Å². The van der Waals surface area contributed by atoms with Gasteiger partial charge in [-0.25, -0.2) is 8.42 Å². The Morgan fingerprint density at radius 2 is 1.93 bits per heavy atom. The number of likely N-dealkylation sites (N-methyl/N-ethyl adjacent to an activating group) is 1. The molecule has 0 aromatic heterocycles. The number of anilines is 2. The lowest BCUT2D eigenvalue weighted by molar-refractivity contribution is -0.117. The minimum atomic E-state index is -3.55. The van der Waals surface area contributed by atoms with Crippen LogP contribution in [-0.2, 0) is 21.4 Å². The van der Waals surface area contributed by atoms with E-state index < -0.39 is 15.3 Å². The van der Waals surface area contributed by atoms with Crippen LogP contribution in [0.4, 0.5) is 11.4 Å². The number of benzene rings is 2. The van der Waals surface area contributed by atoms with Crippen molar-refractivity contribution in [1.82, 2.24) is 0 Å². The molecule has 0 saturated heterocycles. The smallest absolute Gasteiger partial charge is 0.244 e. The number of ether oxygens (including phenoxy) is 1. The molecule has 1 amide bonds. The number of rotatable bonds is 6. The third-order valence-electron chi connectivity index (χ3n) is 5.63. The van der Waals surface area contributed by atoms with E-state index in [4.69, 9.17) is 4.74 Å². The van der Waals surface area contributed by atoms with Gasteiger partial charge in [-0.05, 0) is 17.4 Å². The van der Waals surface area contributed by atoms with Gasteiger partial charge in [-0.2, -0.15) is 0 Å². The van der Waals surface area contributed by atoms with Crippen molar-refractivity contribution >= 4 is 39.1 Å². The minimum Gasteiger partial charge on any atom is -0.487 e. The van der Waals surface area contributed by atoms with E-state index in [1.165, 1.54) is 16.1 Å². The highest BCUT2D eigenvalue weighted by Crippen LogP contribution is 2.55. The van der Waals surface area contributed by atoms with Gasteiger partial charge in [0.25, 0.3) is 0 Å². The molecule has 2 aromatic carbocycles. The zero-order valence-corrected chi connectivity index (χ0v) is 18.7. The maximum absolute atomic E-state index is 12.9. The molecule has 2 aliphatic rings. The number of thioether (sulfide) groups is 1. The molecule has 1 N–H and O–H groups in total. The SMILES string of the molecule is CSC1C(=O)N(C)c2c(OCc3ccccc3)cc3c(c21)C(CO)CN3S(C)(=O)=O. The molecule has 2 atom stereocenters. The molecular weight excluding hydrogens is 424 g/mol. The van der Waals surface area contributed by atoms with Crippen molar-refractivity contribution < 1.29 is 23.1 Å². The van der Waals surface area contributed by atoms with Crippen LogP contribution in [0.2, 0.25) is 0 Å².